The van der Waals surface area contributed by atoms with Gasteiger partial charge in [-0.3, -0.25) is 9.89 Å². The van der Waals surface area contributed by atoms with Crippen LogP contribution in [-0.4, -0.2) is 47.2 Å². The van der Waals surface area contributed by atoms with Gasteiger partial charge in [0.2, 0.25) is 0 Å². The number of hydrogen-bond acceptors (Lipinski definition) is 4. The van der Waals surface area contributed by atoms with Crippen molar-refractivity contribution >= 4 is 16.9 Å². The number of rotatable bonds is 4. The summed E-state index contributed by atoms with van der Waals surface area (Å²) in [6.45, 7) is 0. The molecule has 0 radical (unpaired) electrons. The summed E-state index contributed by atoms with van der Waals surface area (Å²) in [6.07, 6.45) is 1.71. The molecule has 6 nitrogen and oxygen atoms in total. The Hall–Kier alpha value is -3.74. The molecular weight excluding hydrogens is 371 g/mol. The van der Waals surface area contributed by atoms with Gasteiger partial charge in [0.05, 0.1) is 7.11 Å². The minimum absolute atomic E-state index is 0.0746. The first kappa shape index (κ1) is 18.6. The van der Waals surface area contributed by atoms with Crippen LogP contribution in [0.1, 0.15) is 10.4 Å². The van der Waals surface area contributed by atoms with E-state index in [9.17, 15) is 9.18 Å². The molecule has 0 fully saturated rings. The number of ether oxygens (including phenoxy) is 1. The molecule has 1 amide bonds. The number of H-pyrrole nitrogens is 1. The fourth-order valence-electron chi connectivity index (χ4n) is 3.22. The number of carbonyl (C=O) groups excluding carboxylic acids is 1. The van der Waals surface area contributed by atoms with Crippen molar-refractivity contribution in [3.05, 3.63) is 66.1 Å². The third-order valence-electron chi connectivity index (χ3n) is 4.68. The molecular formula is C22H19FN4O2. The highest BCUT2D eigenvalue weighted by Crippen LogP contribution is 2.35. The number of halogens is 1. The van der Waals surface area contributed by atoms with Gasteiger partial charge in [0.1, 0.15) is 17.3 Å². The minimum atomic E-state index is -0.379. The molecule has 2 aromatic heterocycles. The van der Waals surface area contributed by atoms with Gasteiger partial charge in [-0.25, -0.2) is 9.37 Å². The van der Waals surface area contributed by atoms with Gasteiger partial charge in [-0.15, -0.1) is 0 Å². The first-order valence-electron chi connectivity index (χ1n) is 8.98. The predicted molar refractivity (Wildman–Crippen MR) is 109 cm³/mol. The van der Waals surface area contributed by atoms with E-state index in [1.807, 2.05) is 24.3 Å². The van der Waals surface area contributed by atoms with Gasteiger partial charge < -0.3 is 9.64 Å². The predicted octanol–water partition coefficient (Wildman–Crippen LogP) is 4.14. The van der Waals surface area contributed by atoms with Crippen LogP contribution in [0.15, 0.2) is 54.7 Å². The van der Waals surface area contributed by atoms with Gasteiger partial charge in [0, 0.05) is 42.4 Å². The molecule has 0 unspecified atom stereocenters. The van der Waals surface area contributed by atoms with E-state index in [2.05, 4.69) is 15.2 Å². The summed E-state index contributed by atoms with van der Waals surface area (Å²) in [6, 6.07) is 13.6. The van der Waals surface area contributed by atoms with Crippen LogP contribution in [0.2, 0.25) is 0 Å². The molecule has 1 N–H and O–H groups in total. The largest absolute Gasteiger partial charge is 0.496 e. The molecule has 0 saturated carbocycles. The molecule has 4 aromatic rings. The summed E-state index contributed by atoms with van der Waals surface area (Å²) in [4.78, 5) is 18.3. The number of fused-ring (bicyclic) bond motifs is 1. The summed E-state index contributed by atoms with van der Waals surface area (Å²) in [5.74, 6) is 0.0640. The Morgan fingerprint density at radius 2 is 1.93 bits per heavy atom. The molecule has 146 valence electrons. The van der Waals surface area contributed by atoms with Crippen molar-refractivity contribution in [1.29, 1.82) is 0 Å². The summed E-state index contributed by atoms with van der Waals surface area (Å²) < 4.78 is 19.2. The Morgan fingerprint density at radius 1 is 1.10 bits per heavy atom. The maximum Gasteiger partial charge on any atom is 0.253 e. The number of methoxy groups -OCH3 is 1. The van der Waals surface area contributed by atoms with Crippen molar-refractivity contribution < 1.29 is 13.9 Å². The van der Waals surface area contributed by atoms with Gasteiger partial charge in [-0.05, 0) is 42.0 Å². The maximum absolute atomic E-state index is 13.9. The molecule has 0 bridgehead atoms. The summed E-state index contributed by atoms with van der Waals surface area (Å²) in [7, 11) is 4.96. The van der Waals surface area contributed by atoms with Crippen molar-refractivity contribution in [2.75, 3.05) is 21.2 Å². The zero-order valence-electron chi connectivity index (χ0n) is 16.2. The highest BCUT2D eigenvalue weighted by molar-refractivity contribution is 5.97. The number of nitrogens with zero attached hydrogens (tertiary/aromatic N) is 3. The van der Waals surface area contributed by atoms with E-state index in [0.29, 0.717) is 28.2 Å². The number of benzene rings is 2. The molecule has 0 saturated heterocycles. The number of amides is 1. The lowest BCUT2D eigenvalue weighted by molar-refractivity contribution is 0.0827. The summed E-state index contributed by atoms with van der Waals surface area (Å²) in [5, 5.41) is 7.94. The van der Waals surface area contributed by atoms with Gasteiger partial charge in [-0.2, -0.15) is 5.10 Å². The second kappa shape index (κ2) is 7.35. The average molecular weight is 390 g/mol. The fraction of sp³-hybridized carbons (Fsp3) is 0.136. The van der Waals surface area contributed by atoms with Crippen LogP contribution >= 0.6 is 0 Å². The fourth-order valence-corrected chi connectivity index (χ4v) is 3.22. The van der Waals surface area contributed by atoms with E-state index < -0.39 is 0 Å². The smallest absolute Gasteiger partial charge is 0.253 e. The first-order chi connectivity index (χ1) is 14.0. The van der Waals surface area contributed by atoms with Gasteiger partial charge in [-0.1, -0.05) is 12.1 Å². The van der Waals surface area contributed by atoms with Crippen LogP contribution in [0, 0.1) is 5.82 Å². The van der Waals surface area contributed by atoms with Crippen LogP contribution in [0.5, 0.6) is 5.75 Å². The standard InChI is InChI=1S/C22H19FN4O2/c1-27(2)22(28)14-6-4-5-13(9-14)15-10-18-20(25-26-21(18)24-12-15)17-11-16(23)7-8-19(17)29-3/h4-12H,1-3H3,(H,24,25,26). The molecule has 2 heterocycles. The topological polar surface area (TPSA) is 71.1 Å². The lowest BCUT2D eigenvalue weighted by Crippen LogP contribution is -2.21. The third kappa shape index (κ3) is 3.42. The Morgan fingerprint density at radius 3 is 2.69 bits per heavy atom. The lowest BCUT2D eigenvalue weighted by Gasteiger charge is -2.11. The summed E-state index contributed by atoms with van der Waals surface area (Å²) in [5.41, 5.74) is 3.93. The highest BCUT2D eigenvalue weighted by Gasteiger charge is 2.16. The first-order valence-corrected chi connectivity index (χ1v) is 8.98. The van der Waals surface area contributed by atoms with Crippen LogP contribution in [0.3, 0.4) is 0 Å². The van der Waals surface area contributed by atoms with Crippen LogP contribution < -0.4 is 4.74 Å². The van der Waals surface area contributed by atoms with Crippen molar-refractivity contribution in [1.82, 2.24) is 20.1 Å². The number of nitrogens with one attached hydrogen (secondary N) is 1. The second-order valence-corrected chi connectivity index (χ2v) is 6.82. The van der Waals surface area contributed by atoms with Gasteiger partial charge in [0.25, 0.3) is 5.91 Å². The molecule has 29 heavy (non-hydrogen) atoms. The molecule has 2 aromatic carbocycles. The van der Waals surface area contributed by atoms with Crippen molar-refractivity contribution in [2.45, 2.75) is 0 Å². The monoisotopic (exact) mass is 390 g/mol. The third-order valence-corrected chi connectivity index (χ3v) is 4.68. The highest BCUT2D eigenvalue weighted by atomic mass is 19.1. The Labute approximate surface area is 167 Å². The van der Waals surface area contributed by atoms with E-state index in [1.54, 1.807) is 32.4 Å². The molecule has 0 atom stereocenters. The molecule has 4 rings (SSSR count). The minimum Gasteiger partial charge on any atom is -0.496 e. The normalized spacial score (nSPS) is 10.9. The molecule has 0 aliphatic carbocycles. The Balaban J connectivity index is 1.84. The Bertz CT molecular complexity index is 1220. The molecule has 0 spiro atoms. The van der Waals surface area contributed by atoms with E-state index in [0.717, 1.165) is 16.5 Å². The van der Waals surface area contributed by atoms with Crippen LogP contribution in [-0.2, 0) is 0 Å². The number of carbonyl (C=O) groups is 1. The second-order valence-electron chi connectivity index (χ2n) is 6.82. The molecule has 0 aliphatic heterocycles. The van der Waals surface area contributed by atoms with E-state index in [-0.39, 0.29) is 11.7 Å². The number of hydrogen-bond donors (Lipinski definition) is 1. The Kier molecular flexibility index (Phi) is 4.72. The number of aromatic amines is 1. The maximum atomic E-state index is 13.9. The number of aromatic nitrogens is 3. The average Bonchev–Trinajstić information content (AvgIpc) is 3.16. The van der Waals surface area contributed by atoms with Crippen molar-refractivity contribution in [3.63, 3.8) is 0 Å². The van der Waals surface area contributed by atoms with Crippen molar-refractivity contribution in [3.8, 4) is 28.1 Å². The van der Waals surface area contributed by atoms with Crippen LogP contribution in [0.4, 0.5) is 4.39 Å². The SMILES string of the molecule is COc1ccc(F)cc1-c1n[nH]c2ncc(-c3cccc(C(=O)N(C)C)c3)cc12. The van der Waals surface area contributed by atoms with Gasteiger partial charge >= 0.3 is 0 Å². The van der Waals surface area contributed by atoms with Crippen LogP contribution in [0.25, 0.3) is 33.4 Å². The number of pyridine rings is 1. The van der Waals surface area contributed by atoms with E-state index >= 15 is 0 Å². The van der Waals surface area contributed by atoms with Gasteiger partial charge in [0.15, 0.2) is 5.65 Å². The quantitative estimate of drug-likeness (QED) is 0.568. The van der Waals surface area contributed by atoms with E-state index in [4.69, 9.17) is 4.74 Å². The van der Waals surface area contributed by atoms with Crippen molar-refractivity contribution in [2.24, 2.45) is 0 Å². The molecule has 0 aliphatic rings. The molecule has 7 heteroatoms. The van der Waals surface area contributed by atoms with E-state index in [1.165, 1.54) is 24.1 Å². The zero-order valence-corrected chi connectivity index (χ0v) is 16.2. The zero-order chi connectivity index (χ0) is 20.5. The lowest BCUT2D eigenvalue weighted by atomic mass is 10.0. The summed E-state index contributed by atoms with van der Waals surface area (Å²) >= 11 is 0.